The molecule has 7 atom stereocenters. The van der Waals surface area contributed by atoms with Crippen LogP contribution in [0.25, 0.3) is 0 Å². The van der Waals surface area contributed by atoms with Crippen LogP contribution in [0.1, 0.15) is 52.9 Å². The maximum Gasteiger partial charge on any atom is 0.307 e. The van der Waals surface area contributed by atoms with Gasteiger partial charge < -0.3 is 10.4 Å². The molecule has 0 aromatic carbocycles. The van der Waals surface area contributed by atoms with Crippen LogP contribution in [0.4, 0.5) is 0 Å². The highest BCUT2D eigenvalue weighted by molar-refractivity contribution is 5.81. The van der Waals surface area contributed by atoms with E-state index in [4.69, 9.17) is 0 Å². The quantitative estimate of drug-likeness (QED) is 0.809. The van der Waals surface area contributed by atoms with E-state index in [1.54, 1.807) is 0 Å². The highest BCUT2D eigenvalue weighted by Crippen LogP contribution is 2.49. The maximum absolute atomic E-state index is 12.7. The molecule has 0 aromatic rings. The van der Waals surface area contributed by atoms with E-state index in [0.717, 1.165) is 18.4 Å². The average molecular weight is 336 g/mol. The molecule has 24 heavy (non-hydrogen) atoms. The predicted molar refractivity (Wildman–Crippen MR) is 92.5 cm³/mol. The van der Waals surface area contributed by atoms with Crippen molar-refractivity contribution in [3.63, 3.8) is 0 Å². The Hall–Kier alpha value is -1.10. The monoisotopic (exact) mass is 336 g/mol. The fourth-order valence-corrected chi connectivity index (χ4v) is 5.41. The molecule has 2 saturated carbocycles. The van der Waals surface area contributed by atoms with Gasteiger partial charge in [-0.1, -0.05) is 13.3 Å². The first-order chi connectivity index (χ1) is 11.3. The topological polar surface area (TPSA) is 69.6 Å². The van der Waals surface area contributed by atoms with E-state index < -0.39 is 5.97 Å². The molecule has 2 N–H and O–H groups in total. The summed E-state index contributed by atoms with van der Waals surface area (Å²) in [6, 6.07) is -0.0247. The van der Waals surface area contributed by atoms with Gasteiger partial charge in [-0.15, -0.1) is 0 Å². The predicted octanol–water partition coefficient (Wildman–Crippen LogP) is 2.36. The Morgan fingerprint density at radius 1 is 1.12 bits per heavy atom. The number of rotatable bonds is 5. The number of likely N-dealkylation sites (tertiary alicyclic amines) is 1. The number of hydrogen-bond donors (Lipinski definition) is 2. The number of carbonyl (C=O) groups excluding carboxylic acids is 1. The van der Waals surface area contributed by atoms with E-state index in [0.29, 0.717) is 24.8 Å². The van der Waals surface area contributed by atoms with Crippen molar-refractivity contribution in [3.05, 3.63) is 0 Å². The van der Waals surface area contributed by atoms with Gasteiger partial charge in [0.25, 0.3) is 0 Å². The number of carbonyl (C=O) groups is 2. The van der Waals surface area contributed by atoms with Gasteiger partial charge in [0.2, 0.25) is 5.91 Å². The van der Waals surface area contributed by atoms with Gasteiger partial charge in [0.1, 0.15) is 0 Å². The SMILES string of the molecule is CC1CC(C(=O)O)CN(C(C)C(=O)NC(C)C2CC3CCC2C3)C1. The Bertz CT molecular complexity index is 495. The van der Waals surface area contributed by atoms with E-state index in [-0.39, 0.29) is 23.9 Å². The third-order valence-corrected chi connectivity index (χ3v) is 6.77. The van der Waals surface area contributed by atoms with Crippen molar-refractivity contribution in [3.8, 4) is 0 Å². The molecule has 136 valence electrons. The van der Waals surface area contributed by atoms with Crippen LogP contribution in [-0.4, -0.2) is 47.1 Å². The lowest BCUT2D eigenvalue weighted by atomic mass is 9.84. The molecule has 0 radical (unpaired) electrons. The molecule has 1 aliphatic heterocycles. The van der Waals surface area contributed by atoms with Gasteiger partial charge in [-0.2, -0.15) is 0 Å². The summed E-state index contributed by atoms with van der Waals surface area (Å²) in [6.45, 7) is 7.43. The second-order valence-corrected chi connectivity index (χ2v) is 8.64. The summed E-state index contributed by atoms with van der Waals surface area (Å²) < 4.78 is 0. The number of carboxylic acids is 1. The van der Waals surface area contributed by atoms with Crippen molar-refractivity contribution in [2.75, 3.05) is 13.1 Å². The van der Waals surface area contributed by atoms with Crippen molar-refractivity contribution in [2.24, 2.45) is 29.6 Å². The molecule has 5 heteroatoms. The molecule has 3 fully saturated rings. The van der Waals surface area contributed by atoms with E-state index in [1.165, 1.54) is 25.7 Å². The number of nitrogens with zero attached hydrogens (tertiary/aromatic N) is 1. The van der Waals surface area contributed by atoms with Crippen LogP contribution in [0.2, 0.25) is 0 Å². The number of nitrogens with one attached hydrogen (secondary N) is 1. The normalized spacial score (nSPS) is 38.7. The summed E-state index contributed by atoms with van der Waals surface area (Å²) >= 11 is 0. The Balaban J connectivity index is 1.55. The van der Waals surface area contributed by atoms with Gasteiger partial charge in [0.05, 0.1) is 12.0 Å². The fraction of sp³-hybridized carbons (Fsp3) is 0.895. The van der Waals surface area contributed by atoms with Gasteiger partial charge in [-0.05, 0) is 63.2 Å². The molecule has 7 unspecified atom stereocenters. The van der Waals surface area contributed by atoms with Crippen molar-refractivity contribution in [1.29, 1.82) is 0 Å². The zero-order chi connectivity index (χ0) is 17.4. The number of fused-ring (bicyclic) bond motifs is 2. The number of aliphatic carboxylic acids is 1. The molecular formula is C19H32N2O3. The number of hydrogen-bond acceptors (Lipinski definition) is 3. The second-order valence-electron chi connectivity index (χ2n) is 8.64. The molecule has 1 amide bonds. The third kappa shape index (κ3) is 3.61. The van der Waals surface area contributed by atoms with Crippen molar-refractivity contribution in [2.45, 2.75) is 65.0 Å². The van der Waals surface area contributed by atoms with Crippen LogP contribution >= 0.6 is 0 Å². The van der Waals surface area contributed by atoms with E-state index in [2.05, 4.69) is 24.1 Å². The van der Waals surface area contributed by atoms with Gasteiger partial charge in [0, 0.05) is 19.1 Å². The summed E-state index contributed by atoms with van der Waals surface area (Å²) in [5.74, 6) is 1.60. The lowest BCUT2D eigenvalue weighted by Crippen LogP contribution is -2.54. The Morgan fingerprint density at radius 3 is 2.46 bits per heavy atom. The molecule has 0 aromatic heterocycles. The first-order valence-corrected chi connectivity index (χ1v) is 9.62. The van der Waals surface area contributed by atoms with E-state index >= 15 is 0 Å². The number of piperidine rings is 1. The molecular weight excluding hydrogens is 304 g/mol. The molecule has 3 aliphatic rings. The van der Waals surface area contributed by atoms with Crippen LogP contribution < -0.4 is 5.32 Å². The molecule has 2 aliphatic carbocycles. The summed E-state index contributed by atoms with van der Waals surface area (Å²) in [6.07, 6.45) is 6.03. The molecule has 5 nitrogen and oxygen atoms in total. The standard InChI is InChI=1S/C19H32N2O3/c1-11-6-16(19(23)24)10-21(9-11)13(3)18(22)20-12(2)17-8-14-4-5-15(17)7-14/h11-17H,4-10H2,1-3H3,(H,20,22)(H,23,24). The highest BCUT2D eigenvalue weighted by Gasteiger charge is 2.42. The molecule has 3 rings (SSSR count). The minimum Gasteiger partial charge on any atom is -0.481 e. The second kappa shape index (κ2) is 7.03. The van der Waals surface area contributed by atoms with Crippen LogP contribution in [0, 0.1) is 29.6 Å². The fourth-order valence-electron chi connectivity index (χ4n) is 5.41. The molecule has 0 spiro atoms. The van der Waals surface area contributed by atoms with Crippen LogP contribution in [0.15, 0.2) is 0 Å². The number of carboxylic acid groups (broad SMARTS) is 1. The molecule has 2 bridgehead atoms. The highest BCUT2D eigenvalue weighted by atomic mass is 16.4. The third-order valence-electron chi connectivity index (χ3n) is 6.77. The van der Waals surface area contributed by atoms with Gasteiger partial charge >= 0.3 is 5.97 Å². The first kappa shape index (κ1) is 17.7. The van der Waals surface area contributed by atoms with Crippen LogP contribution in [0.3, 0.4) is 0 Å². The van der Waals surface area contributed by atoms with Gasteiger partial charge in [-0.3, -0.25) is 14.5 Å². The lowest BCUT2D eigenvalue weighted by Gasteiger charge is -2.38. The smallest absolute Gasteiger partial charge is 0.307 e. The maximum atomic E-state index is 12.7. The van der Waals surface area contributed by atoms with E-state index in [9.17, 15) is 14.7 Å². The zero-order valence-corrected chi connectivity index (χ0v) is 15.2. The molecule has 1 saturated heterocycles. The lowest BCUT2D eigenvalue weighted by molar-refractivity contribution is -0.146. The summed E-state index contributed by atoms with van der Waals surface area (Å²) in [4.78, 5) is 26.1. The Labute approximate surface area is 145 Å². The average Bonchev–Trinajstić information content (AvgIpc) is 3.16. The minimum absolute atomic E-state index is 0.0588. The summed E-state index contributed by atoms with van der Waals surface area (Å²) in [5, 5.41) is 12.6. The first-order valence-electron chi connectivity index (χ1n) is 9.62. The molecule has 1 heterocycles. The van der Waals surface area contributed by atoms with Crippen molar-refractivity contribution < 1.29 is 14.7 Å². The largest absolute Gasteiger partial charge is 0.481 e. The van der Waals surface area contributed by atoms with Crippen LogP contribution in [-0.2, 0) is 9.59 Å². The van der Waals surface area contributed by atoms with Gasteiger partial charge in [0.15, 0.2) is 0 Å². The Kier molecular flexibility index (Phi) is 5.19. The summed E-state index contributed by atoms with van der Waals surface area (Å²) in [7, 11) is 0. The van der Waals surface area contributed by atoms with Crippen molar-refractivity contribution in [1.82, 2.24) is 10.2 Å². The zero-order valence-electron chi connectivity index (χ0n) is 15.2. The van der Waals surface area contributed by atoms with Gasteiger partial charge in [-0.25, -0.2) is 0 Å². The Morgan fingerprint density at radius 2 is 1.88 bits per heavy atom. The summed E-state index contributed by atoms with van der Waals surface area (Å²) in [5.41, 5.74) is 0. The minimum atomic E-state index is -0.741. The van der Waals surface area contributed by atoms with Crippen LogP contribution in [0.5, 0.6) is 0 Å². The van der Waals surface area contributed by atoms with Crippen molar-refractivity contribution >= 4 is 11.9 Å². The van der Waals surface area contributed by atoms with E-state index in [1.807, 2.05) is 6.92 Å². The number of amides is 1.